The molecule has 3 heterocycles. The van der Waals surface area contributed by atoms with E-state index in [1.807, 2.05) is 0 Å². The number of nitrogens with one attached hydrogen (secondary N) is 1. The van der Waals surface area contributed by atoms with E-state index in [0.717, 1.165) is 70.6 Å². The first kappa shape index (κ1) is 82.0. The van der Waals surface area contributed by atoms with Crippen molar-refractivity contribution in [3.63, 3.8) is 0 Å². The Morgan fingerprint density at radius 2 is 0.767 bits per heavy atom. The minimum Gasteiger partial charge on any atom is -0.394 e. The Morgan fingerprint density at radius 3 is 1.20 bits per heavy atom. The highest BCUT2D eigenvalue weighted by Crippen LogP contribution is 2.33. The molecule has 0 saturated carbocycles. The van der Waals surface area contributed by atoms with Crippen molar-refractivity contribution in [1.29, 1.82) is 0 Å². The van der Waals surface area contributed by atoms with Crippen LogP contribution in [0.4, 0.5) is 0 Å². The fourth-order valence-corrected chi connectivity index (χ4v) is 12.1. The highest BCUT2D eigenvalue weighted by molar-refractivity contribution is 5.76. The van der Waals surface area contributed by atoms with Crippen LogP contribution in [0.2, 0.25) is 0 Å². The van der Waals surface area contributed by atoms with Crippen LogP contribution in [0.3, 0.4) is 0 Å². The van der Waals surface area contributed by atoms with E-state index >= 15 is 0 Å². The summed E-state index contributed by atoms with van der Waals surface area (Å²) in [5, 5.41) is 120. The molecule has 3 fully saturated rings. The number of ether oxygens (including phenoxy) is 6. The summed E-state index contributed by atoms with van der Waals surface area (Å²) in [6.07, 6.45) is 36.7. The minimum atomic E-state index is -1.97. The molecule has 17 unspecified atom stereocenters. The fraction of sp³-hybridized carbons (Fsp3) is 0.873. The fourth-order valence-electron chi connectivity index (χ4n) is 12.1. The van der Waals surface area contributed by atoms with Gasteiger partial charge in [-0.15, -0.1) is 0 Å². The SMILES string of the molecule is CC/C=C\C/C=C\C/C=C\C/C=C\CCCCCCCCCCCCCCCCCCCCCCCCC(=O)NC(COC1OC(CO)C(OC2OC(CO)C(OC3OC(CO)C(O)C(O)C3O)C(O)C2O)C(O)C1O)C(O)CCCCCCCCCCCC. The molecule has 3 aliphatic heterocycles. The van der Waals surface area contributed by atoms with Crippen molar-refractivity contribution in [2.45, 2.75) is 369 Å². The molecule has 19 heteroatoms. The zero-order valence-corrected chi connectivity index (χ0v) is 55.6. The Morgan fingerprint density at radius 1 is 0.411 bits per heavy atom. The maximum absolute atomic E-state index is 13.4. The number of carbonyl (C=O) groups is 1. The number of unbranched alkanes of at least 4 members (excludes halogenated alkanes) is 31. The Balaban J connectivity index is 1.30. The molecular formula is C71H129NO18. The van der Waals surface area contributed by atoms with Gasteiger partial charge in [0, 0.05) is 6.42 Å². The molecule has 1 amide bonds. The van der Waals surface area contributed by atoms with Crippen LogP contribution in [0, 0.1) is 0 Å². The molecule has 0 aromatic heterocycles. The molecule has 17 atom stereocenters. The van der Waals surface area contributed by atoms with E-state index in [9.17, 15) is 61.0 Å². The van der Waals surface area contributed by atoms with Crippen molar-refractivity contribution in [2.24, 2.45) is 0 Å². The highest BCUT2D eigenvalue weighted by Gasteiger charge is 2.53. The Hall–Kier alpha value is -2.25. The largest absolute Gasteiger partial charge is 0.394 e. The Labute approximate surface area is 542 Å². The summed E-state index contributed by atoms with van der Waals surface area (Å²) in [4.78, 5) is 13.4. The van der Waals surface area contributed by atoms with E-state index < -0.39 is 124 Å². The standard InChI is InChI=1S/C71H129NO18/c1-3-5-7-9-11-13-15-16-17-18-19-20-21-22-23-24-25-26-27-28-29-30-31-32-33-34-35-36-37-38-39-41-43-45-47-49-59(77)72-54(55(76)48-46-44-42-40-14-12-10-8-6-4-2)53-85-69-65(83)62(80)67(57(51-74)87-69)90-71-66(84)63(81)68(58(52-75)88-71)89-70-64(82)61(79)60(78)56(50-73)86-70/h5,7,11,13,16-17,19-20,54-58,60-71,73-76,78-84H,3-4,6,8-10,12,14-15,18,21-53H2,1-2H3,(H,72,77)/b7-5-,13-11-,17-16-,20-19-. The summed E-state index contributed by atoms with van der Waals surface area (Å²) >= 11 is 0. The van der Waals surface area contributed by atoms with Gasteiger partial charge in [0.2, 0.25) is 5.91 Å². The van der Waals surface area contributed by atoms with E-state index in [2.05, 4.69) is 67.8 Å². The summed E-state index contributed by atoms with van der Waals surface area (Å²) in [5.74, 6) is -0.241. The molecule has 3 aliphatic rings. The molecule has 526 valence electrons. The molecule has 0 aromatic rings. The van der Waals surface area contributed by atoms with Crippen LogP contribution >= 0.6 is 0 Å². The van der Waals surface area contributed by atoms with E-state index in [1.54, 1.807) is 0 Å². The molecule has 0 spiro atoms. The molecule has 0 aliphatic carbocycles. The van der Waals surface area contributed by atoms with E-state index in [1.165, 1.54) is 161 Å². The van der Waals surface area contributed by atoms with Gasteiger partial charge in [-0.3, -0.25) is 4.79 Å². The van der Waals surface area contributed by atoms with Crippen molar-refractivity contribution in [1.82, 2.24) is 5.32 Å². The van der Waals surface area contributed by atoms with Crippen LogP contribution < -0.4 is 5.32 Å². The number of aliphatic hydroxyl groups excluding tert-OH is 11. The zero-order chi connectivity index (χ0) is 65.4. The van der Waals surface area contributed by atoms with Crippen LogP contribution in [-0.2, 0) is 33.2 Å². The third-order valence-corrected chi connectivity index (χ3v) is 17.9. The second-order valence-electron chi connectivity index (χ2n) is 25.7. The van der Waals surface area contributed by atoms with Gasteiger partial charge in [-0.1, -0.05) is 255 Å². The van der Waals surface area contributed by atoms with Gasteiger partial charge >= 0.3 is 0 Å². The summed E-state index contributed by atoms with van der Waals surface area (Å²) in [7, 11) is 0. The van der Waals surface area contributed by atoms with Gasteiger partial charge in [0.05, 0.1) is 38.6 Å². The van der Waals surface area contributed by atoms with E-state index in [-0.39, 0.29) is 18.9 Å². The first-order valence-corrected chi connectivity index (χ1v) is 35.9. The number of carbonyl (C=O) groups excluding carboxylic acids is 1. The lowest BCUT2D eigenvalue weighted by Crippen LogP contribution is -2.66. The van der Waals surface area contributed by atoms with Gasteiger partial charge in [-0.2, -0.15) is 0 Å². The molecule has 19 nitrogen and oxygen atoms in total. The van der Waals surface area contributed by atoms with Crippen LogP contribution in [0.5, 0.6) is 0 Å². The minimum absolute atomic E-state index is 0.241. The zero-order valence-electron chi connectivity index (χ0n) is 55.6. The van der Waals surface area contributed by atoms with Crippen molar-refractivity contribution >= 4 is 5.91 Å². The molecule has 0 radical (unpaired) electrons. The first-order chi connectivity index (χ1) is 43.8. The number of aliphatic hydroxyl groups is 11. The molecule has 0 aromatic carbocycles. The maximum Gasteiger partial charge on any atom is 0.220 e. The summed E-state index contributed by atoms with van der Waals surface area (Å²) in [6.45, 7) is 1.67. The second-order valence-corrected chi connectivity index (χ2v) is 25.7. The third kappa shape index (κ3) is 34.4. The summed E-state index contributed by atoms with van der Waals surface area (Å²) in [5.41, 5.74) is 0. The van der Waals surface area contributed by atoms with Crippen molar-refractivity contribution in [3.8, 4) is 0 Å². The van der Waals surface area contributed by atoms with Gasteiger partial charge in [0.1, 0.15) is 73.2 Å². The number of hydrogen-bond donors (Lipinski definition) is 12. The number of hydrogen-bond acceptors (Lipinski definition) is 18. The normalized spacial score (nSPS) is 28.3. The predicted octanol–water partition coefficient (Wildman–Crippen LogP) is 9.78. The topological polar surface area (TPSA) is 307 Å². The third-order valence-electron chi connectivity index (χ3n) is 17.9. The van der Waals surface area contributed by atoms with E-state index in [0.29, 0.717) is 12.8 Å². The molecule has 3 saturated heterocycles. The van der Waals surface area contributed by atoms with Gasteiger partial charge in [0.15, 0.2) is 18.9 Å². The summed E-state index contributed by atoms with van der Waals surface area (Å²) < 4.78 is 34.3. The van der Waals surface area contributed by atoms with Gasteiger partial charge < -0.3 is 89.9 Å². The van der Waals surface area contributed by atoms with Crippen LogP contribution in [-0.4, -0.2) is 193 Å². The second kappa shape index (κ2) is 53.0. The predicted molar refractivity (Wildman–Crippen MR) is 351 cm³/mol. The van der Waals surface area contributed by atoms with Crippen LogP contribution in [0.1, 0.15) is 264 Å². The molecule has 0 bridgehead atoms. The lowest BCUT2D eigenvalue weighted by molar-refractivity contribution is -0.379. The van der Waals surface area contributed by atoms with Crippen molar-refractivity contribution < 1.29 is 89.4 Å². The van der Waals surface area contributed by atoms with Gasteiger partial charge in [-0.05, 0) is 51.4 Å². The van der Waals surface area contributed by atoms with Crippen molar-refractivity contribution in [2.75, 3.05) is 26.4 Å². The van der Waals surface area contributed by atoms with E-state index in [4.69, 9.17) is 28.4 Å². The average molecular weight is 1280 g/mol. The van der Waals surface area contributed by atoms with Crippen molar-refractivity contribution in [3.05, 3.63) is 48.6 Å². The van der Waals surface area contributed by atoms with Crippen LogP contribution in [0.15, 0.2) is 48.6 Å². The van der Waals surface area contributed by atoms with Gasteiger partial charge in [0.25, 0.3) is 0 Å². The first-order valence-electron chi connectivity index (χ1n) is 35.9. The molecular weight excluding hydrogens is 1150 g/mol. The van der Waals surface area contributed by atoms with Gasteiger partial charge in [-0.25, -0.2) is 0 Å². The van der Waals surface area contributed by atoms with Crippen LogP contribution in [0.25, 0.3) is 0 Å². The average Bonchev–Trinajstić information content (AvgIpc) is 1.08. The number of amides is 1. The molecule has 12 N–H and O–H groups in total. The molecule has 3 rings (SSSR count). The number of allylic oxidation sites excluding steroid dienone is 8. The molecule has 90 heavy (non-hydrogen) atoms. The Kier molecular flexibility index (Phi) is 48.2. The lowest BCUT2D eigenvalue weighted by Gasteiger charge is -2.48. The number of rotatable bonds is 55. The maximum atomic E-state index is 13.4. The monoisotopic (exact) mass is 1280 g/mol. The Bertz CT molecular complexity index is 1820. The quantitative estimate of drug-likeness (QED) is 0.0199. The highest BCUT2D eigenvalue weighted by atomic mass is 16.8. The smallest absolute Gasteiger partial charge is 0.220 e. The lowest BCUT2D eigenvalue weighted by atomic mass is 9.96. The summed E-state index contributed by atoms with van der Waals surface area (Å²) in [6, 6.07) is -0.884.